The summed E-state index contributed by atoms with van der Waals surface area (Å²) >= 11 is 3.45. The van der Waals surface area contributed by atoms with Gasteiger partial charge < -0.3 is 9.47 Å². The molecule has 0 bridgehead atoms. The standard InChI is InChI=1S/C32H22BrNO5/c1-38-21-12-9-18(10-13-21)23-16-24-26-22-8-3-2-5-17(22)11-14-25(26)39-32(37)28(24)29-27(23)30(35)34(31(29)36)20-7-4-6-19(33)15-20/h2-16,23,27-29H,1H3/t23-,27-,28-,29-/m0/s1. The van der Waals surface area contributed by atoms with Gasteiger partial charge in [-0.05, 0) is 58.3 Å². The number of rotatable bonds is 3. The van der Waals surface area contributed by atoms with Crippen LogP contribution in [0.25, 0.3) is 16.3 Å². The number of imide groups is 1. The molecule has 1 saturated heterocycles. The van der Waals surface area contributed by atoms with Crippen LogP contribution in [0.2, 0.25) is 0 Å². The molecule has 0 aromatic heterocycles. The lowest BCUT2D eigenvalue weighted by Gasteiger charge is -2.38. The normalized spacial score (nSPS) is 23.6. The van der Waals surface area contributed by atoms with Gasteiger partial charge in [0.25, 0.3) is 0 Å². The molecule has 39 heavy (non-hydrogen) atoms. The number of methoxy groups -OCH3 is 1. The van der Waals surface area contributed by atoms with Crippen LogP contribution in [0.4, 0.5) is 5.69 Å². The molecule has 7 heteroatoms. The Morgan fingerprint density at radius 1 is 0.846 bits per heavy atom. The summed E-state index contributed by atoms with van der Waals surface area (Å²) in [6.07, 6.45) is 2.01. The number of nitrogens with zero attached hydrogens (tertiary/aromatic N) is 1. The number of anilines is 1. The number of amides is 2. The van der Waals surface area contributed by atoms with Crippen LogP contribution in [0.5, 0.6) is 11.5 Å². The third kappa shape index (κ3) is 3.57. The maximum atomic E-state index is 14.2. The number of hydrogen-bond acceptors (Lipinski definition) is 5. The van der Waals surface area contributed by atoms with Crippen molar-refractivity contribution in [2.24, 2.45) is 17.8 Å². The number of carbonyl (C=O) groups excluding carboxylic acids is 3. The summed E-state index contributed by atoms with van der Waals surface area (Å²) in [6.45, 7) is 0. The second kappa shape index (κ2) is 8.92. The van der Waals surface area contributed by atoms with Crippen molar-refractivity contribution in [2.75, 3.05) is 12.0 Å². The van der Waals surface area contributed by atoms with Crippen LogP contribution in [-0.2, 0) is 14.4 Å². The van der Waals surface area contributed by atoms with E-state index in [0.717, 1.165) is 31.9 Å². The van der Waals surface area contributed by atoms with Gasteiger partial charge in [-0.1, -0.05) is 70.5 Å². The average molecular weight is 580 g/mol. The van der Waals surface area contributed by atoms with Crippen molar-refractivity contribution in [1.29, 1.82) is 0 Å². The number of halogens is 1. The first-order valence-corrected chi connectivity index (χ1v) is 13.5. The van der Waals surface area contributed by atoms with Gasteiger partial charge in [-0.15, -0.1) is 0 Å². The maximum Gasteiger partial charge on any atom is 0.319 e. The Morgan fingerprint density at radius 3 is 2.38 bits per heavy atom. The quantitative estimate of drug-likeness (QED) is 0.166. The summed E-state index contributed by atoms with van der Waals surface area (Å²) in [6, 6.07) is 26.3. The molecule has 2 amide bonds. The molecule has 0 radical (unpaired) electrons. The summed E-state index contributed by atoms with van der Waals surface area (Å²) in [5.41, 5.74) is 2.88. The van der Waals surface area contributed by atoms with Crippen LogP contribution in [0.15, 0.2) is 95.5 Å². The predicted octanol–water partition coefficient (Wildman–Crippen LogP) is 6.13. The zero-order valence-corrected chi connectivity index (χ0v) is 22.4. The van der Waals surface area contributed by atoms with Crippen LogP contribution in [0, 0.1) is 17.8 Å². The highest BCUT2D eigenvalue weighted by Crippen LogP contribution is 2.55. The van der Waals surface area contributed by atoms with Gasteiger partial charge in [-0.3, -0.25) is 14.4 Å². The molecule has 4 atom stereocenters. The fourth-order valence-electron chi connectivity index (χ4n) is 6.35. The summed E-state index contributed by atoms with van der Waals surface area (Å²) in [4.78, 5) is 43.1. The van der Waals surface area contributed by atoms with Crippen LogP contribution in [-0.4, -0.2) is 24.9 Å². The molecule has 1 aliphatic carbocycles. The number of benzene rings is 4. The lowest BCUT2D eigenvalue weighted by Crippen LogP contribution is -2.42. The minimum atomic E-state index is -0.900. The molecule has 2 aliphatic heterocycles. The van der Waals surface area contributed by atoms with Gasteiger partial charge >= 0.3 is 5.97 Å². The van der Waals surface area contributed by atoms with Crippen LogP contribution in [0.3, 0.4) is 0 Å². The molecule has 4 aromatic rings. The van der Waals surface area contributed by atoms with Gasteiger partial charge in [0.05, 0.1) is 30.6 Å². The van der Waals surface area contributed by atoms with Gasteiger partial charge in [0, 0.05) is 16.0 Å². The molecular formula is C32H22BrNO5. The van der Waals surface area contributed by atoms with E-state index in [0.29, 0.717) is 17.2 Å². The molecule has 0 spiro atoms. The van der Waals surface area contributed by atoms with E-state index in [9.17, 15) is 14.4 Å². The third-order valence-corrected chi connectivity index (χ3v) is 8.54. The SMILES string of the molecule is COc1ccc([C@@H]2C=C3c4c(ccc5ccccc45)OC(=O)[C@@H]3[C@H]3C(=O)N(c4cccc(Br)c4)C(=O)[C@H]32)cc1. The minimum Gasteiger partial charge on any atom is -0.497 e. The molecular weight excluding hydrogens is 558 g/mol. The van der Waals surface area contributed by atoms with Gasteiger partial charge in [0.15, 0.2) is 0 Å². The molecule has 6 nitrogen and oxygen atoms in total. The zero-order chi connectivity index (χ0) is 26.8. The Bertz CT molecular complexity index is 1730. The van der Waals surface area contributed by atoms with E-state index >= 15 is 0 Å². The molecule has 0 N–H and O–H groups in total. The first kappa shape index (κ1) is 23.9. The number of carbonyl (C=O) groups is 3. The van der Waals surface area contributed by atoms with E-state index in [4.69, 9.17) is 9.47 Å². The van der Waals surface area contributed by atoms with Crippen LogP contribution >= 0.6 is 15.9 Å². The highest BCUT2D eigenvalue weighted by atomic mass is 79.9. The number of allylic oxidation sites excluding steroid dienone is 1. The Hall–Kier alpha value is -4.23. The van der Waals surface area contributed by atoms with Gasteiger partial charge in [-0.25, -0.2) is 4.90 Å². The Balaban J connectivity index is 1.46. The highest BCUT2D eigenvalue weighted by Gasteiger charge is 2.60. The van der Waals surface area contributed by atoms with E-state index in [2.05, 4.69) is 15.9 Å². The summed E-state index contributed by atoms with van der Waals surface area (Å²) in [7, 11) is 1.60. The van der Waals surface area contributed by atoms with Crippen molar-refractivity contribution < 1.29 is 23.9 Å². The summed E-state index contributed by atoms with van der Waals surface area (Å²) < 4.78 is 11.9. The fraction of sp³-hybridized carbons (Fsp3) is 0.156. The molecule has 4 aromatic carbocycles. The van der Waals surface area contributed by atoms with Crippen LogP contribution in [0.1, 0.15) is 17.0 Å². The second-order valence-electron chi connectivity index (χ2n) is 10.0. The first-order chi connectivity index (χ1) is 19.0. The third-order valence-electron chi connectivity index (χ3n) is 8.05. The number of ether oxygens (including phenoxy) is 2. The smallest absolute Gasteiger partial charge is 0.319 e. The lowest BCUT2D eigenvalue weighted by molar-refractivity contribution is -0.142. The number of fused-ring (bicyclic) bond motifs is 7. The van der Waals surface area contributed by atoms with Gasteiger partial charge in [-0.2, -0.15) is 0 Å². The van der Waals surface area contributed by atoms with Crippen molar-refractivity contribution in [2.45, 2.75) is 5.92 Å². The Kier molecular flexibility index (Phi) is 5.45. The lowest BCUT2D eigenvalue weighted by atomic mass is 9.64. The van der Waals surface area contributed by atoms with Gasteiger partial charge in [0.1, 0.15) is 11.5 Å². The zero-order valence-electron chi connectivity index (χ0n) is 20.8. The Labute approximate surface area is 233 Å². The molecule has 192 valence electrons. The highest BCUT2D eigenvalue weighted by molar-refractivity contribution is 9.10. The molecule has 0 unspecified atom stereocenters. The molecule has 2 heterocycles. The monoisotopic (exact) mass is 579 g/mol. The van der Waals surface area contributed by atoms with Crippen molar-refractivity contribution in [3.05, 3.63) is 107 Å². The summed E-state index contributed by atoms with van der Waals surface area (Å²) in [5, 5.41) is 1.94. The van der Waals surface area contributed by atoms with Crippen molar-refractivity contribution in [1.82, 2.24) is 0 Å². The molecule has 3 aliphatic rings. The van der Waals surface area contributed by atoms with Crippen molar-refractivity contribution in [3.8, 4) is 11.5 Å². The minimum absolute atomic E-state index is 0.323. The predicted molar refractivity (Wildman–Crippen MR) is 150 cm³/mol. The number of esters is 1. The van der Waals surface area contributed by atoms with Crippen LogP contribution < -0.4 is 14.4 Å². The molecule has 7 rings (SSSR count). The first-order valence-electron chi connectivity index (χ1n) is 12.7. The maximum absolute atomic E-state index is 14.2. The number of hydrogen-bond donors (Lipinski definition) is 0. The Morgan fingerprint density at radius 2 is 1.62 bits per heavy atom. The fourth-order valence-corrected chi connectivity index (χ4v) is 6.74. The van der Waals surface area contributed by atoms with Crippen molar-refractivity contribution >= 4 is 55.7 Å². The van der Waals surface area contributed by atoms with E-state index in [1.807, 2.05) is 66.7 Å². The topological polar surface area (TPSA) is 72.9 Å². The van der Waals surface area contributed by atoms with Gasteiger partial charge in [0.2, 0.25) is 11.8 Å². The summed E-state index contributed by atoms with van der Waals surface area (Å²) in [5.74, 6) is -3.05. The second-order valence-corrected chi connectivity index (χ2v) is 10.9. The van der Waals surface area contributed by atoms with E-state index < -0.39 is 35.5 Å². The van der Waals surface area contributed by atoms with E-state index in [-0.39, 0.29) is 5.91 Å². The average Bonchev–Trinajstić information content (AvgIpc) is 3.22. The van der Waals surface area contributed by atoms with Crippen molar-refractivity contribution in [3.63, 3.8) is 0 Å². The largest absolute Gasteiger partial charge is 0.497 e. The van der Waals surface area contributed by atoms with E-state index in [1.54, 1.807) is 31.4 Å². The molecule has 0 saturated carbocycles. The van der Waals surface area contributed by atoms with E-state index in [1.165, 1.54) is 4.90 Å². The molecule has 1 fully saturated rings.